The Kier molecular flexibility index (Phi) is 12.2. The van der Waals surface area contributed by atoms with Crippen LogP contribution < -0.4 is 0 Å². The van der Waals surface area contributed by atoms with Gasteiger partial charge in [0.05, 0.1) is 6.10 Å². The van der Waals surface area contributed by atoms with E-state index in [-0.39, 0.29) is 11.0 Å². The Morgan fingerprint density at radius 2 is 1.70 bits per heavy atom. The second-order valence-electron chi connectivity index (χ2n) is 7.12. The molecule has 2 atom stereocenters. The van der Waals surface area contributed by atoms with Crippen LogP contribution in [0.2, 0.25) is 0 Å². The zero-order valence-corrected chi connectivity index (χ0v) is 15.1. The van der Waals surface area contributed by atoms with Crippen molar-refractivity contribution in [3.05, 3.63) is 10.1 Å². The first-order chi connectivity index (χ1) is 11.2. The Bertz CT molecular complexity index is 286. The highest BCUT2D eigenvalue weighted by molar-refractivity contribution is 4.65. The molecule has 2 unspecified atom stereocenters. The normalized spacial score (nSPS) is 21.2. The fourth-order valence-corrected chi connectivity index (χ4v) is 3.49. The average molecular weight is 328 g/mol. The van der Waals surface area contributed by atoms with E-state index < -0.39 is 0 Å². The fraction of sp³-hybridized carbons (Fsp3) is 1.00. The van der Waals surface area contributed by atoms with Gasteiger partial charge in [-0.05, 0) is 32.1 Å². The van der Waals surface area contributed by atoms with Crippen LogP contribution in [0.3, 0.4) is 0 Å². The molecule has 1 aliphatic rings. The third kappa shape index (κ3) is 10.7. The topological polar surface area (TPSA) is 52.4 Å². The van der Waals surface area contributed by atoms with Crippen LogP contribution in [0.4, 0.5) is 0 Å². The summed E-state index contributed by atoms with van der Waals surface area (Å²) in [6.07, 6.45) is 17.1. The van der Waals surface area contributed by atoms with Crippen molar-refractivity contribution in [2.75, 3.05) is 6.61 Å². The summed E-state index contributed by atoms with van der Waals surface area (Å²) in [4.78, 5) is 11.2. The Morgan fingerprint density at radius 1 is 1.00 bits per heavy atom. The number of hydrogen-bond donors (Lipinski definition) is 0. The van der Waals surface area contributed by atoms with Gasteiger partial charge in [0, 0.05) is 24.4 Å². The van der Waals surface area contributed by atoms with Crippen molar-refractivity contribution < 1.29 is 9.66 Å². The maximum Gasteiger partial charge on any atom is 0.213 e. The molecule has 23 heavy (non-hydrogen) atoms. The summed E-state index contributed by atoms with van der Waals surface area (Å²) < 4.78 is 5.96. The van der Waals surface area contributed by atoms with Gasteiger partial charge in [0.2, 0.25) is 6.04 Å². The number of nitrogens with zero attached hydrogens (tertiary/aromatic N) is 1. The molecule has 0 spiro atoms. The molecule has 0 aromatic carbocycles. The van der Waals surface area contributed by atoms with Crippen LogP contribution >= 0.6 is 0 Å². The summed E-state index contributed by atoms with van der Waals surface area (Å²) in [7, 11) is 0. The lowest BCUT2D eigenvalue weighted by Crippen LogP contribution is -2.21. The predicted octanol–water partition coefficient (Wildman–Crippen LogP) is 5.90. The lowest BCUT2D eigenvalue weighted by Gasteiger charge is -2.17. The Hall–Kier alpha value is -0.640. The number of rotatable bonds is 11. The van der Waals surface area contributed by atoms with Gasteiger partial charge in [0.25, 0.3) is 0 Å². The van der Waals surface area contributed by atoms with Crippen LogP contribution in [0.5, 0.6) is 0 Å². The first-order valence-corrected chi connectivity index (χ1v) is 9.99. The molecular formula is C19H37NO3. The summed E-state index contributed by atoms with van der Waals surface area (Å²) in [5, 5.41) is 11.2. The molecule has 0 saturated carbocycles. The second kappa shape index (κ2) is 13.8. The quantitative estimate of drug-likeness (QED) is 0.269. The van der Waals surface area contributed by atoms with Crippen LogP contribution in [0.1, 0.15) is 103 Å². The summed E-state index contributed by atoms with van der Waals surface area (Å²) in [5.74, 6) is 0. The highest BCUT2D eigenvalue weighted by atomic mass is 16.6. The molecule has 0 aliphatic carbocycles. The van der Waals surface area contributed by atoms with Gasteiger partial charge in [-0.2, -0.15) is 0 Å². The van der Waals surface area contributed by atoms with E-state index >= 15 is 0 Å². The van der Waals surface area contributed by atoms with Crippen molar-refractivity contribution in [1.29, 1.82) is 0 Å². The summed E-state index contributed by atoms with van der Waals surface area (Å²) in [5.41, 5.74) is 0. The molecule has 0 aromatic heterocycles. The van der Waals surface area contributed by atoms with E-state index in [4.69, 9.17) is 4.74 Å². The first kappa shape index (κ1) is 20.4. The van der Waals surface area contributed by atoms with Crippen molar-refractivity contribution in [2.24, 2.45) is 0 Å². The van der Waals surface area contributed by atoms with Crippen molar-refractivity contribution >= 4 is 0 Å². The van der Waals surface area contributed by atoms with E-state index in [9.17, 15) is 10.1 Å². The second-order valence-corrected chi connectivity index (χ2v) is 7.12. The average Bonchev–Trinajstić information content (AvgIpc) is 2.66. The number of unbranched alkanes of at least 4 members (excludes halogenated alkanes) is 4. The zero-order chi connectivity index (χ0) is 16.8. The molecule has 0 amide bonds. The molecule has 4 nitrogen and oxygen atoms in total. The lowest BCUT2D eigenvalue weighted by molar-refractivity contribution is -0.524. The molecule has 0 aromatic rings. The maximum absolute atomic E-state index is 11.2. The monoisotopic (exact) mass is 327 g/mol. The largest absolute Gasteiger partial charge is 0.378 e. The molecule has 1 fully saturated rings. The van der Waals surface area contributed by atoms with Crippen LogP contribution in [-0.4, -0.2) is 23.7 Å². The first-order valence-electron chi connectivity index (χ1n) is 9.99. The molecule has 0 radical (unpaired) electrons. The standard InChI is InChI=1S/C19H37NO3/c1-2-3-4-6-9-13-18(20(21)22)14-12-16-19-15-10-7-5-8-11-17-23-19/h18-19H,2-17H2,1H3. The van der Waals surface area contributed by atoms with Gasteiger partial charge in [-0.15, -0.1) is 0 Å². The number of hydrogen-bond acceptors (Lipinski definition) is 3. The van der Waals surface area contributed by atoms with E-state index in [1.54, 1.807) is 0 Å². The SMILES string of the molecule is CCCCCCCC(CCCC1CCCCCCCO1)[N+](=O)[O-]. The minimum absolute atomic E-state index is 0.0517. The summed E-state index contributed by atoms with van der Waals surface area (Å²) in [6.45, 7) is 3.07. The van der Waals surface area contributed by atoms with E-state index in [2.05, 4.69) is 6.92 Å². The summed E-state index contributed by atoms with van der Waals surface area (Å²) >= 11 is 0. The Balaban J connectivity index is 2.18. The molecule has 4 heteroatoms. The molecule has 1 heterocycles. The third-order valence-electron chi connectivity index (χ3n) is 5.03. The van der Waals surface area contributed by atoms with Crippen molar-refractivity contribution in [3.63, 3.8) is 0 Å². The smallest absolute Gasteiger partial charge is 0.213 e. The van der Waals surface area contributed by atoms with Crippen molar-refractivity contribution in [3.8, 4) is 0 Å². The van der Waals surface area contributed by atoms with Crippen LogP contribution in [0.15, 0.2) is 0 Å². The van der Waals surface area contributed by atoms with E-state index in [0.29, 0.717) is 6.10 Å². The maximum atomic E-state index is 11.2. The van der Waals surface area contributed by atoms with Crippen LogP contribution in [-0.2, 0) is 4.74 Å². The van der Waals surface area contributed by atoms with Crippen LogP contribution in [0.25, 0.3) is 0 Å². The minimum Gasteiger partial charge on any atom is -0.378 e. The Morgan fingerprint density at radius 3 is 2.48 bits per heavy atom. The molecular weight excluding hydrogens is 290 g/mol. The minimum atomic E-state index is -0.340. The molecule has 0 N–H and O–H groups in total. The molecule has 136 valence electrons. The van der Waals surface area contributed by atoms with Gasteiger partial charge in [-0.3, -0.25) is 10.1 Å². The number of ether oxygens (including phenoxy) is 1. The highest BCUT2D eigenvalue weighted by Crippen LogP contribution is 2.20. The van der Waals surface area contributed by atoms with E-state index in [1.165, 1.54) is 51.4 Å². The molecule has 0 bridgehead atoms. The van der Waals surface area contributed by atoms with Crippen LogP contribution in [0, 0.1) is 10.1 Å². The van der Waals surface area contributed by atoms with Gasteiger partial charge in [-0.25, -0.2) is 0 Å². The van der Waals surface area contributed by atoms with E-state index in [0.717, 1.165) is 51.6 Å². The molecule has 1 saturated heterocycles. The molecule has 1 rings (SSSR count). The van der Waals surface area contributed by atoms with E-state index in [1.807, 2.05) is 0 Å². The summed E-state index contributed by atoms with van der Waals surface area (Å²) in [6, 6.07) is -0.340. The predicted molar refractivity (Wildman–Crippen MR) is 95.5 cm³/mol. The Labute approximate surface area is 142 Å². The lowest BCUT2D eigenvalue weighted by atomic mass is 9.99. The number of nitro groups is 1. The van der Waals surface area contributed by atoms with Gasteiger partial charge in [0.1, 0.15) is 0 Å². The van der Waals surface area contributed by atoms with Gasteiger partial charge >= 0.3 is 0 Å². The van der Waals surface area contributed by atoms with Gasteiger partial charge in [-0.1, -0.05) is 58.3 Å². The van der Waals surface area contributed by atoms with Crippen molar-refractivity contribution in [2.45, 2.75) is 115 Å². The third-order valence-corrected chi connectivity index (χ3v) is 5.03. The molecule has 1 aliphatic heterocycles. The van der Waals surface area contributed by atoms with Crippen molar-refractivity contribution in [1.82, 2.24) is 0 Å². The van der Waals surface area contributed by atoms with Gasteiger partial charge < -0.3 is 4.74 Å². The zero-order valence-electron chi connectivity index (χ0n) is 15.1. The highest BCUT2D eigenvalue weighted by Gasteiger charge is 2.20. The van der Waals surface area contributed by atoms with Gasteiger partial charge in [0.15, 0.2) is 0 Å². The fourth-order valence-electron chi connectivity index (χ4n) is 3.49.